The maximum absolute atomic E-state index is 11.4. The van der Waals surface area contributed by atoms with Crippen LogP contribution in [0.4, 0.5) is 0 Å². The van der Waals surface area contributed by atoms with Crippen LogP contribution in [0.5, 0.6) is 11.5 Å². The molecule has 0 aliphatic rings. The fraction of sp³-hybridized carbons (Fsp3) is 0.200. The van der Waals surface area contributed by atoms with Gasteiger partial charge in [0, 0.05) is 16.7 Å². The number of aromatic carboxylic acids is 1. The highest BCUT2D eigenvalue weighted by Crippen LogP contribution is 2.37. The van der Waals surface area contributed by atoms with Crippen LogP contribution in [0.15, 0.2) is 41.1 Å². The van der Waals surface area contributed by atoms with Gasteiger partial charge in [0.15, 0.2) is 5.76 Å². The fourth-order valence-corrected chi connectivity index (χ4v) is 2.86. The van der Waals surface area contributed by atoms with Crippen LogP contribution in [0.1, 0.15) is 21.5 Å². The topological polar surface area (TPSA) is 84.6 Å². The number of aromatic nitrogens is 1. The summed E-state index contributed by atoms with van der Waals surface area (Å²) in [7, 11) is 3.02. The number of carboxylic acid groups (broad SMARTS) is 1. The van der Waals surface area contributed by atoms with Crippen molar-refractivity contribution in [1.29, 1.82) is 0 Å². The van der Waals surface area contributed by atoms with Crippen molar-refractivity contribution < 1.29 is 23.9 Å². The molecule has 0 aliphatic heterocycles. The minimum Gasteiger partial charge on any atom is -0.545 e. The highest BCUT2D eigenvalue weighted by Gasteiger charge is 2.17. The van der Waals surface area contributed by atoms with E-state index in [1.54, 1.807) is 25.4 Å². The van der Waals surface area contributed by atoms with Crippen molar-refractivity contribution in [2.45, 2.75) is 13.8 Å². The molecule has 2 aromatic carbocycles. The van der Waals surface area contributed by atoms with E-state index in [1.807, 2.05) is 26.0 Å². The highest BCUT2D eigenvalue weighted by molar-refractivity contribution is 5.92. The first-order valence-electron chi connectivity index (χ1n) is 7.96. The van der Waals surface area contributed by atoms with Gasteiger partial charge in [-0.3, -0.25) is 0 Å². The molecule has 6 nitrogen and oxygen atoms in total. The van der Waals surface area contributed by atoms with E-state index in [2.05, 4.69) is 5.16 Å². The summed E-state index contributed by atoms with van der Waals surface area (Å²) in [6, 6.07) is 8.67. The zero-order valence-corrected chi connectivity index (χ0v) is 15.0. The average molecular weight is 352 g/mol. The number of aryl methyl sites for hydroxylation is 1. The summed E-state index contributed by atoms with van der Waals surface area (Å²) in [6.07, 6.45) is 1.55. The molecule has 0 saturated carbocycles. The van der Waals surface area contributed by atoms with Crippen LogP contribution in [0, 0.1) is 13.8 Å². The Morgan fingerprint density at radius 2 is 1.77 bits per heavy atom. The van der Waals surface area contributed by atoms with Gasteiger partial charge in [-0.2, -0.15) is 0 Å². The summed E-state index contributed by atoms with van der Waals surface area (Å²) in [5.74, 6) is 0.197. The predicted octanol–water partition coefficient (Wildman–Crippen LogP) is 3.01. The van der Waals surface area contributed by atoms with Crippen LogP contribution < -0.4 is 14.6 Å². The first-order chi connectivity index (χ1) is 12.5. The molecule has 0 amide bonds. The zero-order chi connectivity index (χ0) is 18.8. The Morgan fingerprint density at radius 1 is 1.04 bits per heavy atom. The van der Waals surface area contributed by atoms with Crippen molar-refractivity contribution >= 4 is 5.97 Å². The first-order valence-corrected chi connectivity index (χ1v) is 7.96. The predicted molar refractivity (Wildman–Crippen MR) is 94.3 cm³/mol. The van der Waals surface area contributed by atoms with Gasteiger partial charge < -0.3 is 23.9 Å². The maximum Gasteiger partial charge on any atom is 0.174 e. The Kier molecular flexibility index (Phi) is 4.67. The van der Waals surface area contributed by atoms with Gasteiger partial charge in [-0.1, -0.05) is 11.2 Å². The molecule has 0 atom stereocenters. The summed E-state index contributed by atoms with van der Waals surface area (Å²) in [4.78, 5) is 11.4. The van der Waals surface area contributed by atoms with E-state index in [0.717, 1.165) is 22.4 Å². The van der Waals surface area contributed by atoms with Gasteiger partial charge in [0.1, 0.15) is 11.5 Å². The van der Waals surface area contributed by atoms with Crippen LogP contribution in [0.25, 0.3) is 22.5 Å². The normalized spacial score (nSPS) is 10.6. The van der Waals surface area contributed by atoms with Gasteiger partial charge >= 0.3 is 0 Å². The third-order valence-electron chi connectivity index (χ3n) is 4.40. The van der Waals surface area contributed by atoms with Crippen LogP contribution in [0.3, 0.4) is 0 Å². The van der Waals surface area contributed by atoms with Crippen molar-refractivity contribution in [3.63, 3.8) is 0 Å². The van der Waals surface area contributed by atoms with Gasteiger partial charge in [-0.25, -0.2) is 0 Å². The van der Waals surface area contributed by atoms with Gasteiger partial charge in [0.2, 0.25) is 0 Å². The first kappa shape index (κ1) is 17.5. The quantitative estimate of drug-likeness (QED) is 0.702. The van der Waals surface area contributed by atoms with Crippen molar-refractivity contribution in [3.05, 3.63) is 53.2 Å². The van der Waals surface area contributed by atoms with Gasteiger partial charge in [-0.05, 0) is 54.8 Å². The molecular weight excluding hydrogens is 334 g/mol. The highest BCUT2D eigenvalue weighted by atomic mass is 16.5. The molecule has 0 aliphatic carbocycles. The molecule has 134 valence electrons. The van der Waals surface area contributed by atoms with E-state index in [0.29, 0.717) is 16.9 Å². The Bertz CT molecular complexity index is 974. The molecule has 3 aromatic rings. The molecule has 0 bridgehead atoms. The molecule has 0 unspecified atom stereocenters. The average Bonchev–Trinajstić information content (AvgIpc) is 3.13. The number of carbonyl (C=O) groups excluding carboxylic acids is 1. The third kappa shape index (κ3) is 3.01. The fourth-order valence-electron chi connectivity index (χ4n) is 2.86. The molecule has 0 saturated heterocycles. The molecule has 26 heavy (non-hydrogen) atoms. The van der Waals surface area contributed by atoms with E-state index >= 15 is 0 Å². The smallest absolute Gasteiger partial charge is 0.174 e. The van der Waals surface area contributed by atoms with E-state index < -0.39 is 5.97 Å². The Hall–Kier alpha value is -3.28. The lowest BCUT2D eigenvalue weighted by molar-refractivity contribution is -0.255. The standard InChI is InChI=1S/C20H19NO5/c1-11-7-14(9-18(25-4)12(11)2)19-16(10-21-26-19)13-5-6-17(24-3)15(8-13)20(22)23/h5-10H,1-4H3,(H,22,23)/p-1. The van der Waals surface area contributed by atoms with Gasteiger partial charge in [0.05, 0.1) is 26.4 Å². The number of carboxylic acids is 1. The number of carbonyl (C=O) groups is 1. The number of nitrogens with zero attached hydrogens (tertiary/aromatic N) is 1. The molecule has 1 heterocycles. The lowest BCUT2D eigenvalue weighted by atomic mass is 9.97. The maximum atomic E-state index is 11.4. The second-order valence-corrected chi connectivity index (χ2v) is 5.89. The molecule has 0 radical (unpaired) electrons. The molecule has 1 aromatic heterocycles. The summed E-state index contributed by atoms with van der Waals surface area (Å²) in [5.41, 5.74) is 4.16. The van der Waals surface area contributed by atoms with E-state index in [9.17, 15) is 9.90 Å². The number of hydrogen-bond acceptors (Lipinski definition) is 6. The largest absolute Gasteiger partial charge is 0.545 e. The van der Waals surface area contributed by atoms with Gasteiger partial charge in [-0.15, -0.1) is 0 Å². The van der Waals surface area contributed by atoms with Crippen LogP contribution in [-0.2, 0) is 0 Å². The van der Waals surface area contributed by atoms with Crippen molar-refractivity contribution in [2.75, 3.05) is 14.2 Å². The number of ether oxygens (including phenoxy) is 2. The van der Waals surface area contributed by atoms with E-state index in [-0.39, 0.29) is 11.3 Å². The molecule has 0 fully saturated rings. The van der Waals surface area contributed by atoms with E-state index in [1.165, 1.54) is 13.2 Å². The Labute approximate surface area is 151 Å². The van der Waals surface area contributed by atoms with Crippen molar-refractivity contribution in [1.82, 2.24) is 5.16 Å². The summed E-state index contributed by atoms with van der Waals surface area (Å²) in [5, 5.41) is 15.3. The molecule has 0 N–H and O–H groups in total. The number of methoxy groups -OCH3 is 2. The van der Waals surface area contributed by atoms with Crippen LogP contribution in [-0.4, -0.2) is 25.3 Å². The molecular formula is C20H18NO5-. The summed E-state index contributed by atoms with van der Waals surface area (Å²) < 4.78 is 16.0. The Morgan fingerprint density at radius 3 is 2.42 bits per heavy atom. The lowest BCUT2D eigenvalue weighted by Gasteiger charge is -2.12. The SMILES string of the molecule is COc1ccc(-c2cnoc2-c2cc(C)c(C)c(OC)c2)cc1C(=O)[O-]. The van der Waals surface area contributed by atoms with Crippen molar-refractivity contribution in [2.24, 2.45) is 0 Å². The second-order valence-electron chi connectivity index (χ2n) is 5.89. The van der Waals surface area contributed by atoms with Crippen LogP contribution in [0.2, 0.25) is 0 Å². The lowest BCUT2D eigenvalue weighted by Crippen LogP contribution is -2.23. The minimum atomic E-state index is -1.31. The second kappa shape index (κ2) is 6.92. The van der Waals surface area contributed by atoms with Gasteiger partial charge in [0.25, 0.3) is 0 Å². The number of rotatable bonds is 5. The van der Waals surface area contributed by atoms with E-state index in [4.69, 9.17) is 14.0 Å². The molecule has 0 spiro atoms. The van der Waals surface area contributed by atoms with Crippen LogP contribution >= 0.6 is 0 Å². The van der Waals surface area contributed by atoms with Crippen molar-refractivity contribution in [3.8, 4) is 33.9 Å². The monoisotopic (exact) mass is 352 g/mol. The summed E-state index contributed by atoms with van der Waals surface area (Å²) >= 11 is 0. The summed E-state index contributed by atoms with van der Waals surface area (Å²) in [6.45, 7) is 3.97. The molecule has 3 rings (SSSR count). The minimum absolute atomic E-state index is 0.0326. The third-order valence-corrected chi connectivity index (χ3v) is 4.40. The molecule has 6 heteroatoms. The number of hydrogen-bond donors (Lipinski definition) is 0. The number of benzene rings is 2. The Balaban J connectivity index is 2.15. The zero-order valence-electron chi connectivity index (χ0n) is 15.0.